The molecule has 0 fully saturated rings. The van der Waals surface area contributed by atoms with E-state index in [1.807, 2.05) is 42.5 Å². The number of pyridine rings is 1. The monoisotopic (exact) mass is 552 g/mol. The maximum atomic E-state index is 10.6. The number of hydrogen-bond acceptors (Lipinski definition) is 6. The molecule has 0 aliphatic rings. The van der Waals surface area contributed by atoms with Crippen LogP contribution in [0.25, 0.3) is 0 Å². The first-order valence-electron chi connectivity index (χ1n) is 8.07. The van der Waals surface area contributed by atoms with Gasteiger partial charge in [-0.15, -0.1) is 0 Å². The van der Waals surface area contributed by atoms with E-state index in [1.54, 1.807) is 6.21 Å². The molecule has 142 valence electrons. The summed E-state index contributed by atoms with van der Waals surface area (Å²) >= 11 is 5.63. The summed E-state index contributed by atoms with van der Waals surface area (Å²) in [4.78, 5) is 14.0. The molecule has 3 rings (SSSR count). The highest BCUT2D eigenvalue weighted by Crippen LogP contribution is 2.23. The van der Waals surface area contributed by atoms with Crippen molar-refractivity contribution in [1.82, 2.24) is 4.98 Å². The molecule has 0 aliphatic heterocycles. The number of anilines is 1. The van der Waals surface area contributed by atoms with Crippen molar-refractivity contribution in [2.75, 3.05) is 5.43 Å². The number of halogens is 2. The number of nitrogens with one attached hydrogen (secondary N) is 1. The summed E-state index contributed by atoms with van der Waals surface area (Å²) in [6, 6.07) is 16.6. The summed E-state index contributed by atoms with van der Waals surface area (Å²) in [5, 5.41) is 14.7. The lowest BCUT2D eigenvalue weighted by atomic mass is 10.2. The van der Waals surface area contributed by atoms with Crippen molar-refractivity contribution in [1.29, 1.82) is 0 Å². The van der Waals surface area contributed by atoms with Crippen molar-refractivity contribution in [3.05, 3.63) is 90.1 Å². The summed E-state index contributed by atoms with van der Waals surface area (Å²) in [6.45, 7) is 0.490. The van der Waals surface area contributed by atoms with Gasteiger partial charge in [0, 0.05) is 10.5 Å². The number of hydrogen-bond donors (Lipinski definition) is 1. The summed E-state index contributed by atoms with van der Waals surface area (Å²) in [7, 11) is 0. The maximum Gasteiger partial charge on any atom is 0.287 e. The fourth-order valence-corrected chi connectivity index (χ4v) is 3.15. The zero-order chi connectivity index (χ0) is 19.9. The average Bonchev–Trinajstić information content (AvgIpc) is 2.69. The van der Waals surface area contributed by atoms with E-state index in [0.29, 0.717) is 12.4 Å². The van der Waals surface area contributed by atoms with Gasteiger partial charge in [-0.25, -0.2) is 4.98 Å². The normalized spacial score (nSPS) is 10.8. The minimum Gasteiger partial charge on any atom is -0.488 e. The predicted molar refractivity (Wildman–Crippen MR) is 120 cm³/mol. The van der Waals surface area contributed by atoms with Crippen LogP contribution < -0.4 is 10.2 Å². The van der Waals surface area contributed by atoms with Crippen LogP contribution in [0.3, 0.4) is 0 Å². The predicted octanol–water partition coefficient (Wildman–Crippen LogP) is 5.38. The number of ether oxygens (including phenoxy) is 1. The first kappa shape index (κ1) is 20.2. The molecule has 1 heterocycles. The molecule has 3 aromatic rings. The summed E-state index contributed by atoms with van der Waals surface area (Å²) < 4.78 is 7.87. The Labute approximate surface area is 183 Å². The molecule has 9 heteroatoms. The van der Waals surface area contributed by atoms with Crippen LogP contribution in [0.2, 0.25) is 0 Å². The Hall–Kier alpha value is -2.53. The number of aromatic nitrogens is 1. The van der Waals surface area contributed by atoms with E-state index in [9.17, 15) is 10.1 Å². The number of benzene rings is 2. The lowest BCUT2D eigenvalue weighted by molar-refractivity contribution is -0.385. The van der Waals surface area contributed by atoms with Crippen LogP contribution in [-0.4, -0.2) is 16.1 Å². The average molecular weight is 553 g/mol. The number of nitro groups is 1. The van der Waals surface area contributed by atoms with Gasteiger partial charge in [0.15, 0.2) is 0 Å². The third kappa shape index (κ3) is 5.73. The summed E-state index contributed by atoms with van der Waals surface area (Å²) in [5.41, 5.74) is 4.65. The molecule has 0 spiro atoms. The van der Waals surface area contributed by atoms with Gasteiger partial charge in [-0.05, 0) is 70.1 Å². The minimum absolute atomic E-state index is 0.0668. The van der Waals surface area contributed by atoms with Gasteiger partial charge in [-0.3, -0.25) is 15.5 Å². The quantitative estimate of drug-likeness (QED) is 0.184. The highest BCUT2D eigenvalue weighted by molar-refractivity contribution is 14.1. The van der Waals surface area contributed by atoms with Gasteiger partial charge >= 0.3 is 0 Å². The molecule has 0 radical (unpaired) electrons. The second kappa shape index (κ2) is 9.60. The third-order valence-electron chi connectivity index (χ3n) is 3.61. The fourth-order valence-electron chi connectivity index (χ4n) is 2.19. The molecule has 7 nitrogen and oxygen atoms in total. The first-order valence-corrected chi connectivity index (χ1v) is 9.95. The van der Waals surface area contributed by atoms with Crippen LogP contribution in [0, 0.1) is 13.7 Å². The molecule has 0 atom stereocenters. The Morgan fingerprint density at radius 1 is 1.21 bits per heavy atom. The molecule has 0 saturated heterocycles. The molecule has 0 aliphatic carbocycles. The maximum absolute atomic E-state index is 10.6. The van der Waals surface area contributed by atoms with Gasteiger partial charge in [-0.1, -0.05) is 28.1 Å². The van der Waals surface area contributed by atoms with E-state index in [0.717, 1.165) is 24.9 Å². The van der Waals surface area contributed by atoms with Crippen molar-refractivity contribution in [2.24, 2.45) is 5.10 Å². The van der Waals surface area contributed by atoms with E-state index in [1.165, 1.54) is 18.3 Å². The van der Waals surface area contributed by atoms with Gasteiger partial charge in [-0.2, -0.15) is 5.10 Å². The van der Waals surface area contributed by atoms with Crippen molar-refractivity contribution in [2.45, 2.75) is 6.61 Å². The van der Waals surface area contributed by atoms with Gasteiger partial charge in [0.25, 0.3) is 5.69 Å². The Morgan fingerprint density at radius 2 is 2.00 bits per heavy atom. The minimum atomic E-state index is -0.498. The standard InChI is InChI=1S/C19H14BrIN4O3/c20-15-4-1-13(2-5-15)12-28-18-7-3-14(9-17(18)21)10-23-24-19-8-6-16(11-22-19)25(26)27/h1-11H,12H2,(H,22,24)/b23-10+. The SMILES string of the molecule is O=[N+]([O-])c1ccc(N/N=C/c2ccc(OCc3ccc(Br)cc3)c(I)c2)nc1. The molecular formula is C19H14BrIN4O3. The molecule has 28 heavy (non-hydrogen) atoms. The molecule has 2 aromatic carbocycles. The van der Waals surface area contributed by atoms with Crippen molar-refractivity contribution in [3.8, 4) is 5.75 Å². The molecule has 0 saturated carbocycles. The Kier molecular flexibility index (Phi) is 6.93. The summed E-state index contributed by atoms with van der Waals surface area (Å²) in [5.74, 6) is 1.22. The number of nitrogens with zero attached hydrogens (tertiary/aromatic N) is 3. The van der Waals surface area contributed by atoms with Gasteiger partial charge in [0.1, 0.15) is 24.4 Å². The number of rotatable bonds is 7. The first-order chi connectivity index (χ1) is 13.5. The molecular weight excluding hydrogens is 539 g/mol. The molecule has 0 amide bonds. The second-order valence-corrected chi connectivity index (χ2v) is 7.71. The van der Waals surface area contributed by atoms with Crippen molar-refractivity contribution in [3.63, 3.8) is 0 Å². The van der Waals surface area contributed by atoms with Crippen LogP contribution in [0.15, 0.2) is 70.4 Å². The Bertz CT molecular complexity index is 995. The van der Waals surface area contributed by atoms with E-state index < -0.39 is 4.92 Å². The van der Waals surface area contributed by atoms with Gasteiger partial charge < -0.3 is 4.74 Å². The second-order valence-electron chi connectivity index (χ2n) is 5.63. The van der Waals surface area contributed by atoms with Crippen LogP contribution in [0.5, 0.6) is 5.75 Å². The largest absolute Gasteiger partial charge is 0.488 e. The topological polar surface area (TPSA) is 89.7 Å². The fraction of sp³-hybridized carbons (Fsp3) is 0.0526. The zero-order valence-electron chi connectivity index (χ0n) is 14.4. The third-order valence-corrected chi connectivity index (χ3v) is 4.99. The zero-order valence-corrected chi connectivity index (χ0v) is 18.1. The van der Waals surface area contributed by atoms with Crippen LogP contribution >= 0.6 is 38.5 Å². The van der Waals surface area contributed by atoms with E-state index in [-0.39, 0.29) is 5.69 Å². The highest BCUT2D eigenvalue weighted by Gasteiger charge is 2.05. The molecule has 1 aromatic heterocycles. The van der Waals surface area contributed by atoms with Crippen LogP contribution in [0.4, 0.5) is 11.5 Å². The highest BCUT2D eigenvalue weighted by atomic mass is 127. The van der Waals surface area contributed by atoms with E-state index in [2.05, 4.69) is 54.0 Å². The van der Waals surface area contributed by atoms with Gasteiger partial charge in [0.05, 0.1) is 14.7 Å². The lowest BCUT2D eigenvalue weighted by Crippen LogP contribution is -1.98. The molecule has 1 N–H and O–H groups in total. The van der Waals surface area contributed by atoms with Crippen LogP contribution in [-0.2, 0) is 6.61 Å². The summed E-state index contributed by atoms with van der Waals surface area (Å²) in [6.07, 6.45) is 2.82. The van der Waals surface area contributed by atoms with Crippen LogP contribution in [0.1, 0.15) is 11.1 Å². The Balaban J connectivity index is 1.57. The Morgan fingerprint density at radius 3 is 2.64 bits per heavy atom. The van der Waals surface area contributed by atoms with E-state index >= 15 is 0 Å². The smallest absolute Gasteiger partial charge is 0.287 e. The number of hydrazone groups is 1. The molecule has 0 bridgehead atoms. The molecule has 0 unspecified atom stereocenters. The van der Waals surface area contributed by atoms with Crippen molar-refractivity contribution < 1.29 is 9.66 Å². The lowest BCUT2D eigenvalue weighted by Gasteiger charge is -2.09. The van der Waals surface area contributed by atoms with Gasteiger partial charge in [0.2, 0.25) is 0 Å². The van der Waals surface area contributed by atoms with Crippen molar-refractivity contribution >= 4 is 56.2 Å². The van der Waals surface area contributed by atoms with E-state index in [4.69, 9.17) is 4.74 Å².